The predicted octanol–water partition coefficient (Wildman–Crippen LogP) is 0.862. The number of carbonyl (C=O) groups is 1. The van der Waals surface area contributed by atoms with E-state index in [2.05, 4.69) is 15.3 Å². The maximum Gasteiger partial charge on any atom is 0.407 e. The van der Waals surface area contributed by atoms with Gasteiger partial charge in [-0.2, -0.15) is 0 Å². The summed E-state index contributed by atoms with van der Waals surface area (Å²) in [5, 5.41) is 12.3. The van der Waals surface area contributed by atoms with Gasteiger partial charge in [-0.15, -0.1) is 0 Å². The highest BCUT2D eigenvalue weighted by Crippen LogP contribution is 2.46. The molecular weight excluding hydrogens is 310 g/mol. The van der Waals surface area contributed by atoms with Crippen molar-refractivity contribution < 1.29 is 9.90 Å². The molecule has 4 rings (SSSR count). The summed E-state index contributed by atoms with van der Waals surface area (Å²) in [4.78, 5) is 33.1. The highest BCUT2D eigenvalue weighted by Gasteiger charge is 2.57. The first-order valence-electron chi connectivity index (χ1n) is 7.77. The van der Waals surface area contributed by atoms with Crippen LogP contribution in [0.2, 0.25) is 0 Å². The molecule has 1 aliphatic heterocycles. The molecule has 0 aromatic carbocycles. The molecule has 0 radical (unpaired) electrons. The van der Waals surface area contributed by atoms with Crippen LogP contribution in [0.3, 0.4) is 0 Å². The van der Waals surface area contributed by atoms with Crippen molar-refractivity contribution in [2.24, 2.45) is 18.9 Å². The summed E-state index contributed by atoms with van der Waals surface area (Å²) in [5.41, 5.74) is 1.29. The van der Waals surface area contributed by atoms with E-state index in [0.717, 1.165) is 5.56 Å². The highest BCUT2D eigenvalue weighted by molar-refractivity contribution is 5.66. The summed E-state index contributed by atoms with van der Waals surface area (Å²) in [6.45, 7) is 1.07. The van der Waals surface area contributed by atoms with Gasteiger partial charge < -0.3 is 15.3 Å². The Hall–Kier alpha value is -2.90. The van der Waals surface area contributed by atoms with Gasteiger partial charge in [-0.1, -0.05) is 0 Å². The Bertz CT molecular complexity index is 839. The lowest BCUT2D eigenvalue weighted by molar-refractivity contribution is 0.150. The number of rotatable bonds is 3. The van der Waals surface area contributed by atoms with E-state index in [9.17, 15) is 9.59 Å². The number of fused-ring (bicyclic) bond motifs is 1. The van der Waals surface area contributed by atoms with Crippen molar-refractivity contribution in [3.63, 3.8) is 0 Å². The molecule has 124 valence electrons. The minimum atomic E-state index is -0.869. The number of pyridine rings is 1. The van der Waals surface area contributed by atoms with Gasteiger partial charge in [0, 0.05) is 62.0 Å². The van der Waals surface area contributed by atoms with Gasteiger partial charge in [0.2, 0.25) is 5.95 Å². The number of hydrogen-bond acceptors (Lipinski definition) is 5. The fourth-order valence-corrected chi connectivity index (χ4v) is 3.38. The summed E-state index contributed by atoms with van der Waals surface area (Å²) in [7, 11) is 1.68. The molecule has 1 saturated carbocycles. The molecule has 2 N–H and O–H groups in total. The van der Waals surface area contributed by atoms with Crippen LogP contribution in [0.15, 0.2) is 35.4 Å². The molecule has 2 aromatic heterocycles. The van der Waals surface area contributed by atoms with E-state index in [1.54, 1.807) is 19.4 Å². The van der Waals surface area contributed by atoms with E-state index in [-0.39, 0.29) is 11.6 Å². The molecule has 8 heteroatoms. The van der Waals surface area contributed by atoms with Crippen LogP contribution in [0, 0.1) is 11.8 Å². The summed E-state index contributed by atoms with van der Waals surface area (Å²) >= 11 is 0. The molecule has 1 aliphatic carbocycles. The van der Waals surface area contributed by atoms with Crippen LogP contribution in [0.4, 0.5) is 10.7 Å². The number of nitrogens with zero attached hydrogens (tertiary/aromatic N) is 4. The van der Waals surface area contributed by atoms with E-state index >= 15 is 0 Å². The van der Waals surface area contributed by atoms with Crippen LogP contribution in [-0.2, 0) is 7.05 Å². The summed E-state index contributed by atoms with van der Waals surface area (Å²) in [5.74, 6) is 1.10. The molecule has 2 aliphatic rings. The minimum Gasteiger partial charge on any atom is -0.465 e. The highest BCUT2D eigenvalue weighted by atomic mass is 16.4. The van der Waals surface area contributed by atoms with E-state index in [0.29, 0.717) is 36.6 Å². The van der Waals surface area contributed by atoms with Crippen molar-refractivity contribution in [3.05, 3.63) is 40.9 Å². The number of anilines is 1. The molecule has 0 spiro atoms. The van der Waals surface area contributed by atoms with Crippen molar-refractivity contribution in [3.8, 4) is 11.3 Å². The summed E-state index contributed by atoms with van der Waals surface area (Å²) in [6.07, 6.45) is 2.45. The predicted molar refractivity (Wildman–Crippen MR) is 86.7 cm³/mol. The van der Waals surface area contributed by atoms with Crippen LogP contribution in [0.1, 0.15) is 0 Å². The van der Waals surface area contributed by atoms with Crippen LogP contribution in [0.5, 0.6) is 0 Å². The largest absolute Gasteiger partial charge is 0.465 e. The Kier molecular flexibility index (Phi) is 3.26. The Morgan fingerprint density at radius 1 is 1.29 bits per heavy atom. The van der Waals surface area contributed by atoms with Crippen LogP contribution in [-0.4, -0.2) is 49.8 Å². The zero-order valence-corrected chi connectivity index (χ0v) is 13.1. The fraction of sp³-hybridized carbons (Fsp3) is 0.375. The van der Waals surface area contributed by atoms with Gasteiger partial charge in [0.15, 0.2) is 0 Å². The van der Waals surface area contributed by atoms with Gasteiger partial charge in [0.05, 0.1) is 5.69 Å². The molecule has 2 atom stereocenters. The van der Waals surface area contributed by atoms with Crippen LogP contribution >= 0.6 is 0 Å². The smallest absolute Gasteiger partial charge is 0.407 e. The Labute approximate surface area is 137 Å². The Balaban J connectivity index is 1.56. The number of piperidine rings is 1. The van der Waals surface area contributed by atoms with Gasteiger partial charge in [-0.25, -0.2) is 9.78 Å². The number of nitrogens with one attached hydrogen (secondary N) is 1. The molecule has 2 aromatic rings. The quantitative estimate of drug-likeness (QED) is 0.867. The lowest BCUT2D eigenvalue weighted by Gasteiger charge is -2.17. The van der Waals surface area contributed by atoms with Crippen LogP contribution < -0.4 is 10.9 Å². The van der Waals surface area contributed by atoms with E-state index in [1.165, 1.54) is 15.5 Å². The third-order valence-corrected chi connectivity index (χ3v) is 4.87. The standard InChI is InChI=1S/C16H17N5O3/c1-20-13(22)6-12(9-2-4-17-5-3-9)18-15(20)19-14-10-7-21(16(23)24)8-11(10)14/h2-6,10-11,14H,7-8H2,1H3,(H,18,19)(H,23,24). The van der Waals surface area contributed by atoms with Crippen molar-refractivity contribution in [2.75, 3.05) is 18.4 Å². The lowest BCUT2D eigenvalue weighted by atomic mass is 10.2. The summed E-state index contributed by atoms with van der Waals surface area (Å²) in [6, 6.07) is 5.29. The molecule has 2 fully saturated rings. The zero-order chi connectivity index (χ0) is 16.8. The van der Waals surface area contributed by atoms with Crippen LogP contribution in [0.25, 0.3) is 11.3 Å². The third-order valence-electron chi connectivity index (χ3n) is 4.87. The Morgan fingerprint density at radius 3 is 2.58 bits per heavy atom. The average Bonchev–Trinajstić information content (AvgIpc) is 3.02. The maximum absolute atomic E-state index is 12.2. The molecule has 24 heavy (non-hydrogen) atoms. The number of amides is 1. The molecular formula is C16H17N5O3. The van der Waals surface area contributed by atoms with Gasteiger partial charge in [-0.05, 0) is 12.1 Å². The molecule has 3 heterocycles. The SMILES string of the molecule is Cn1c(NC2C3CN(C(=O)O)CC32)nc(-c2ccncc2)cc1=O. The number of hydrogen-bond donors (Lipinski definition) is 2. The first-order valence-corrected chi connectivity index (χ1v) is 7.77. The average molecular weight is 327 g/mol. The minimum absolute atomic E-state index is 0.141. The molecule has 2 unspecified atom stereocenters. The van der Waals surface area contributed by atoms with Gasteiger partial charge in [-0.3, -0.25) is 14.3 Å². The van der Waals surface area contributed by atoms with Gasteiger partial charge >= 0.3 is 6.09 Å². The van der Waals surface area contributed by atoms with Gasteiger partial charge in [0.1, 0.15) is 0 Å². The second kappa shape index (κ2) is 5.33. The van der Waals surface area contributed by atoms with Crippen molar-refractivity contribution in [1.29, 1.82) is 0 Å². The zero-order valence-electron chi connectivity index (χ0n) is 13.1. The maximum atomic E-state index is 12.2. The number of aromatic nitrogens is 3. The first-order chi connectivity index (χ1) is 11.5. The summed E-state index contributed by atoms with van der Waals surface area (Å²) < 4.78 is 1.48. The van der Waals surface area contributed by atoms with Crippen molar-refractivity contribution in [1.82, 2.24) is 19.4 Å². The molecule has 8 nitrogen and oxygen atoms in total. The number of carboxylic acid groups (broad SMARTS) is 1. The van der Waals surface area contributed by atoms with E-state index in [1.807, 2.05) is 12.1 Å². The molecule has 1 saturated heterocycles. The first kappa shape index (κ1) is 14.7. The van der Waals surface area contributed by atoms with Crippen molar-refractivity contribution in [2.45, 2.75) is 6.04 Å². The third kappa shape index (κ3) is 2.40. The Morgan fingerprint density at radius 2 is 1.96 bits per heavy atom. The topological polar surface area (TPSA) is 100 Å². The lowest BCUT2D eigenvalue weighted by Crippen LogP contribution is -2.33. The van der Waals surface area contributed by atoms with Crippen molar-refractivity contribution >= 4 is 12.0 Å². The molecule has 0 bridgehead atoms. The van der Waals surface area contributed by atoms with Gasteiger partial charge in [0.25, 0.3) is 5.56 Å². The van der Waals surface area contributed by atoms with E-state index in [4.69, 9.17) is 5.11 Å². The second-order valence-electron chi connectivity index (χ2n) is 6.28. The monoisotopic (exact) mass is 327 g/mol. The number of likely N-dealkylation sites (tertiary alicyclic amines) is 1. The fourth-order valence-electron chi connectivity index (χ4n) is 3.38. The molecule has 1 amide bonds. The second-order valence-corrected chi connectivity index (χ2v) is 6.28. The normalized spacial score (nSPS) is 24.5. The van der Waals surface area contributed by atoms with E-state index < -0.39 is 6.09 Å².